The second-order valence-electron chi connectivity index (χ2n) is 6.37. The summed E-state index contributed by atoms with van der Waals surface area (Å²) in [5.74, 6) is 0.715. The summed E-state index contributed by atoms with van der Waals surface area (Å²) in [6, 6.07) is 1.41. The topological polar surface area (TPSA) is 96.7 Å². The zero-order valence-electron chi connectivity index (χ0n) is 15.5. The van der Waals surface area contributed by atoms with Gasteiger partial charge in [-0.1, -0.05) is 24.4 Å². The Balaban J connectivity index is 1.92. The first-order valence-electron chi connectivity index (χ1n) is 9.12. The number of urea groups is 1. The van der Waals surface area contributed by atoms with Gasteiger partial charge in [-0.15, -0.1) is 0 Å². The first-order chi connectivity index (χ1) is 12.6. The van der Waals surface area contributed by atoms with Crippen molar-refractivity contribution in [1.82, 2.24) is 20.7 Å². The molecule has 0 aromatic carbocycles. The standard InChI is InChI=1S/C18H28N4O4/c1-3-25-10-9-19-18(24)22(12-16-11-14(2)26-21-16)13-20-17(23)15-7-5-4-6-8-15/h9-11,15H,3-8,12-13H2,1-2H3,(H,19,24)(H,20,23)/b10-9+. The summed E-state index contributed by atoms with van der Waals surface area (Å²) in [7, 11) is 0. The highest BCUT2D eigenvalue weighted by atomic mass is 16.5. The maximum atomic E-state index is 12.4. The number of carbonyl (C=O) groups excluding carboxylic acids is 2. The lowest BCUT2D eigenvalue weighted by molar-refractivity contribution is -0.126. The van der Waals surface area contributed by atoms with Crippen molar-refractivity contribution >= 4 is 11.9 Å². The number of carbonyl (C=O) groups is 2. The number of nitrogens with one attached hydrogen (secondary N) is 2. The van der Waals surface area contributed by atoms with Crippen LogP contribution in [-0.2, 0) is 16.1 Å². The normalized spacial score (nSPS) is 15.0. The molecule has 1 aliphatic carbocycles. The summed E-state index contributed by atoms with van der Waals surface area (Å²) in [6.07, 6.45) is 8.03. The van der Waals surface area contributed by atoms with E-state index in [0.29, 0.717) is 18.1 Å². The van der Waals surface area contributed by atoms with Crippen LogP contribution in [-0.4, -0.2) is 35.3 Å². The van der Waals surface area contributed by atoms with Crippen LogP contribution in [0.2, 0.25) is 0 Å². The molecule has 8 heteroatoms. The zero-order valence-corrected chi connectivity index (χ0v) is 15.5. The second kappa shape index (κ2) is 10.5. The molecule has 2 rings (SSSR count). The molecule has 0 bridgehead atoms. The van der Waals surface area contributed by atoms with Gasteiger partial charge in [-0.25, -0.2) is 4.79 Å². The fourth-order valence-corrected chi connectivity index (χ4v) is 2.91. The van der Waals surface area contributed by atoms with Crippen molar-refractivity contribution in [2.24, 2.45) is 5.92 Å². The maximum Gasteiger partial charge on any atom is 0.323 e. The average Bonchev–Trinajstić information content (AvgIpc) is 3.07. The Labute approximate surface area is 153 Å². The molecule has 1 fully saturated rings. The van der Waals surface area contributed by atoms with E-state index in [1.807, 2.05) is 6.92 Å². The van der Waals surface area contributed by atoms with Crippen molar-refractivity contribution in [3.63, 3.8) is 0 Å². The number of aromatic nitrogens is 1. The lowest BCUT2D eigenvalue weighted by Crippen LogP contribution is -2.46. The van der Waals surface area contributed by atoms with Crippen LogP contribution in [0.1, 0.15) is 50.5 Å². The highest BCUT2D eigenvalue weighted by Gasteiger charge is 2.22. The molecule has 0 saturated heterocycles. The summed E-state index contributed by atoms with van der Waals surface area (Å²) in [6.45, 7) is 4.50. The van der Waals surface area contributed by atoms with Gasteiger partial charge in [-0.3, -0.25) is 4.79 Å². The van der Waals surface area contributed by atoms with Crippen LogP contribution in [0, 0.1) is 12.8 Å². The maximum absolute atomic E-state index is 12.4. The third-order valence-corrected chi connectivity index (χ3v) is 4.27. The molecule has 1 aliphatic rings. The van der Waals surface area contributed by atoms with Crippen LogP contribution in [0.15, 0.2) is 23.1 Å². The van der Waals surface area contributed by atoms with E-state index < -0.39 is 0 Å². The van der Waals surface area contributed by atoms with Crippen molar-refractivity contribution in [1.29, 1.82) is 0 Å². The van der Waals surface area contributed by atoms with Crippen molar-refractivity contribution in [2.45, 2.75) is 52.5 Å². The number of ether oxygens (including phenoxy) is 1. The highest BCUT2D eigenvalue weighted by molar-refractivity contribution is 5.80. The summed E-state index contributed by atoms with van der Waals surface area (Å²) >= 11 is 0. The molecule has 1 saturated carbocycles. The molecule has 0 radical (unpaired) electrons. The minimum atomic E-state index is -0.356. The van der Waals surface area contributed by atoms with Crippen LogP contribution in [0.4, 0.5) is 4.79 Å². The monoisotopic (exact) mass is 364 g/mol. The number of amides is 3. The SMILES string of the molecule is CCO/C=C/NC(=O)N(CNC(=O)C1CCCCC1)Cc1cc(C)on1. The largest absolute Gasteiger partial charge is 0.500 e. The third kappa shape index (κ3) is 6.42. The van der Waals surface area contributed by atoms with Gasteiger partial charge in [0.05, 0.1) is 26.1 Å². The van der Waals surface area contributed by atoms with Gasteiger partial charge in [0, 0.05) is 18.2 Å². The molecule has 1 heterocycles. The molecule has 2 N–H and O–H groups in total. The smallest absolute Gasteiger partial charge is 0.323 e. The minimum Gasteiger partial charge on any atom is -0.500 e. The summed E-state index contributed by atoms with van der Waals surface area (Å²) < 4.78 is 10.1. The van der Waals surface area contributed by atoms with Gasteiger partial charge in [0.1, 0.15) is 11.5 Å². The Hall–Kier alpha value is -2.51. The summed E-state index contributed by atoms with van der Waals surface area (Å²) in [4.78, 5) is 26.2. The lowest BCUT2D eigenvalue weighted by Gasteiger charge is -2.25. The Morgan fingerprint density at radius 2 is 2.15 bits per heavy atom. The average molecular weight is 364 g/mol. The molecule has 144 valence electrons. The molecular formula is C18H28N4O4. The predicted molar refractivity (Wildman–Crippen MR) is 95.7 cm³/mol. The number of rotatable bonds is 8. The van der Waals surface area contributed by atoms with Gasteiger partial charge in [0.2, 0.25) is 5.91 Å². The van der Waals surface area contributed by atoms with E-state index in [0.717, 1.165) is 25.7 Å². The zero-order chi connectivity index (χ0) is 18.8. The van der Waals surface area contributed by atoms with E-state index in [-0.39, 0.29) is 31.1 Å². The van der Waals surface area contributed by atoms with Gasteiger partial charge in [0.25, 0.3) is 0 Å². The van der Waals surface area contributed by atoms with Gasteiger partial charge in [-0.05, 0) is 26.7 Å². The molecule has 8 nitrogen and oxygen atoms in total. The van der Waals surface area contributed by atoms with Crippen LogP contribution in [0.3, 0.4) is 0 Å². The van der Waals surface area contributed by atoms with Crippen molar-refractivity contribution in [3.05, 3.63) is 30.0 Å². The molecule has 0 atom stereocenters. The van der Waals surface area contributed by atoms with E-state index >= 15 is 0 Å². The van der Waals surface area contributed by atoms with Crippen molar-refractivity contribution < 1.29 is 18.8 Å². The predicted octanol–water partition coefficient (Wildman–Crippen LogP) is 2.66. The molecular weight excluding hydrogens is 336 g/mol. The van der Waals surface area contributed by atoms with Crippen molar-refractivity contribution in [2.75, 3.05) is 13.3 Å². The van der Waals surface area contributed by atoms with Gasteiger partial charge >= 0.3 is 6.03 Å². The molecule has 26 heavy (non-hydrogen) atoms. The molecule has 0 unspecified atom stereocenters. The van der Waals surface area contributed by atoms with Gasteiger partial charge in [0.15, 0.2) is 0 Å². The second-order valence-corrected chi connectivity index (χ2v) is 6.37. The fraction of sp³-hybridized carbons (Fsp3) is 0.611. The first kappa shape index (κ1) is 19.8. The molecule has 1 aromatic heterocycles. The molecule has 0 spiro atoms. The van der Waals surface area contributed by atoms with Crippen molar-refractivity contribution in [3.8, 4) is 0 Å². The van der Waals surface area contributed by atoms with Crippen LogP contribution in [0.5, 0.6) is 0 Å². The summed E-state index contributed by atoms with van der Waals surface area (Å²) in [5.41, 5.74) is 0.623. The lowest BCUT2D eigenvalue weighted by atomic mass is 9.89. The van der Waals surface area contributed by atoms with Crippen LogP contribution in [0.25, 0.3) is 0 Å². The molecule has 3 amide bonds. The highest BCUT2D eigenvalue weighted by Crippen LogP contribution is 2.23. The Morgan fingerprint density at radius 3 is 2.81 bits per heavy atom. The number of hydrogen-bond acceptors (Lipinski definition) is 5. The quantitative estimate of drug-likeness (QED) is 0.546. The van der Waals surface area contributed by atoms with Crippen LogP contribution < -0.4 is 10.6 Å². The van der Waals surface area contributed by atoms with E-state index in [9.17, 15) is 9.59 Å². The molecule has 1 aromatic rings. The molecule has 0 aliphatic heterocycles. The fourth-order valence-electron chi connectivity index (χ4n) is 2.91. The third-order valence-electron chi connectivity index (χ3n) is 4.27. The Bertz CT molecular complexity index is 608. The number of hydrogen-bond donors (Lipinski definition) is 2. The first-order valence-corrected chi connectivity index (χ1v) is 9.12. The van der Waals surface area contributed by atoms with E-state index in [1.54, 1.807) is 13.0 Å². The van der Waals surface area contributed by atoms with Gasteiger partial charge < -0.3 is 24.8 Å². The van der Waals surface area contributed by atoms with E-state index in [4.69, 9.17) is 9.26 Å². The van der Waals surface area contributed by atoms with E-state index in [1.165, 1.54) is 23.8 Å². The Morgan fingerprint density at radius 1 is 1.38 bits per heavy atom. The van der Waals surface area contributed by atoms with Gasteiger partial charge in [-0.2, -0.15) is 0 Å². The van der Waals surface area contributed by atoms with Crippen LogP contribution >= 0.6 is 0 Å². The number of nitrogens with zero attached hydrogens (tertiary/aromatic N) is 2. The minimum absolute atomic E-state index is 0.00342. The summed E-state index contributed by atoms with van der Waals surface area (Å²) in [5, 5.41) is 9.41. The Kier molecular flexibility index (Phi) is 7.98. The number of aryl methyl sites for hydroxylation is 1. The van der Waals surface area contributed by atoms with E-state index in [2.05, 4.69) is 15.8 Å².